The van der Waals surface area contributed by atoms with Gasteiger partial charge in [-0.3, -0.25) is 0 Å². The lowest BCUT2D eigenvalue weighted by molar-refractivity contribution is 0.233. The number of carbonyl (C=O) groups is 1. The number of nitrogens with one attached hydrogen (secondary N) is 2. The number of aliphatic hydroxyl groups excluding tert-OH is 1. The summed E-state index contributed by atoms with van der Waals surface area (Å²) in [4.78, 5) is 11.6. The molecule has 0 spiro atoms. The number of urea groups is 1. The molecule has 0 radical (unpaired) electrons. The summed E-state index contributed by atoms with van der Waals surface area (Å²) in [7, 11) is 0. The molecule has 0 aromatic heterocycles. The Morgan fingerprint density at radius 1 is 1.39 bits per heavy atom. The summed E-state index contributed by atoms with van der Waals surface area (Å²) in [6.45, 7) is 4.29. The summed E-state index contributed by atoms with van der Waals surface area (Å²) in [5, 5.41) is 14.2. The molecule has 18 heavy (non-hydrogen) atoms. The lowest BCUT2D eigenvalue weighted by Crippen LogP contribution is -2.34. The zero-order valence-electron chi connectivity index (χ0n) is 10.8. The van der Waals surface area contributed by atoms with E-state index in [1.165, 1.54) is 0 Å². The van der Waals surface area contributed by atoms with Crippen molar-refractivity contribution in [1.29, 1.82) is 0 Å². The van der Waals surface area contributed by atoms with Gasteiger partial charge in [0, 0.05) is 19.1 Å². The quantitative estimate of drug-likeness (QED) is 0.678. The van der Waals surface area contributed by atoms with Gasteiger partial charge in [0.1, 0.15) is 5.75 Å². The van der Waals surface area contributed by atoms with Crippen molar-refractivity contribution in [2.75, 3.05) is 18.5 Å². The molecule has 5 heteroatoms. The van der Waals surface area contributed by atoms with Crippen molar-refractivity contribution in [3.63, 3.8) is 0 Å². The molecule has 5 nitrogen and oxygen atoms in total. The predicted octanol–water partition coefficient (Wildman–Crippen LogP) is 1.98. The van der Waals surface area contributed by atoms with Gasteiger partial charge >= 0.3 is 6.03 Å². The molecule has 0 bridgehead atoms. The van der Waals surface area contributed by atoms with Crippen LogP contribution in [0.15, 0.2) is 24.3 Å². The highest BCUT2D eigenvalue weighted by molar-refractivity contribution is 5.91. The fourth-order valence-corrected chi connectivity index (χ4v) is 1.36. The van der Waals surface area contributed by atoms with E-state index in [1.807, 2.05) is 26.0 Å². The van der Waals surface area contributed by atoms with Crippen LogP contribution in [0.3, 0.4) is 0 Å². The summed E-state index contributed by atoms with van der Waals surface area (Å²) in [6.07, 6.45) is 0.562. The number of benzene rings is 1. The molecule has 0 heterocycles. The zero-order chi connectivity index (χ0) is 13.4. The molecule has 0 aliphatic heterocycles. The lowest BCUT2D eigenvalue weighted by atomic mass is 10.3. The molecular formula is C13H20N2O3. The first-order valence-corrected chi connectivity index (χ1v) is 6.03. The van der Waals surface area contributed by atoms with Crippen molar-refractivity contribution in [1.82, 2.24) is 5.32 Å². The van der Waals surface area contributed by atoms with Crippen LogP contribution in [-0.2, 0) is 0 Å². The topological polar surface area (TPSA) is 70.6 Å². The second-order valence-corrected chi connectivity index (χ2v) is 4.17. The number of hydrogen-bond acceptors (Lipinski definition) is 3. The van der Waals surface area contributed by atoms with Gasteiger partial charge in [0.15, 0.2) is 0 Å². The van der Waals surface area contributed by atoms with Crippen molar-refractivity contribution in [2.45, 2.75) is 26.3 Å². The molecule has 0 saturated heterocycles. The van der Waals surface area contributed by atoms with E-state index >= 15 is 0 Å². The van der Waals surface area contributed by atoms with Crippen LogP contribution in [0, 0.1) is 0 Å². The molecule has 0 aliphatic rings. The van der Waals surface area contributed by atoms with Crippen molar-refractivity contribution < 1.29 is 14.6 Å². The molecule has 0 saturated carbocycles. The number of para-hydroxylation sites is 2. The van der Waals surface area contributed by atoms with Crippen LogP contribution >= 0.6 is 0 Å². The van der Waals surface area contributed by atoms with Crippen LogP contribution in [0.5, 0.6) is 5.75 Å². The summed E-state index contributed by atoms with van der Waals surface area (Å²) < 4.78 is 5.48. The SMILES string of the molecule is CC(C)NC(=O)Nc1ccccc1OCCCO. The third-order valence-electron chi connectivity index (χ3n) is 2.12. The standard InChI is InChI=1S/C13H20N2O3/c1-10(2)14-13(17)15-11-6-3-4-7-12(11)18-9-5-8-16/h3-4,6-7,10,16H,5,8-9H2,1-2H3,(H2,14,15,17). The first-order valence-electron chi connectivity index (χ1n) is 6.03. The molecule has 1 aromatic carbocycles. The molecule has 0 aliphatic carbocycles. The van der Waals surface area contributed by atoms with Crippen LogP contribution in [0.25, 0.3) is 0 Å². The lowest BCUT2D eigenvalue weighted by Gasteiger charge is -2.14. The van der Waals surface area contributed by atoms with Crippen LogP contribution < -0.4 is 15.4 Å². The van der Waals surface area contributed by atoms with E-state index in [9.17, 15) is 4.79 Å². The maximum Gasteiger partial charge on any atom is 0.319 e. The minimum atomic E-state index is -0.261. The van der Waals surface area contributed by atoms with E-state index in [-0.39, 0.29) is 18.7 Å². The largest absolute Gasteiger partial charge is 0.491 e. The van der Waals surface area contributed by atoms with Gasteiger partial charge in [-0.15, -0.1) is 0 Å². The fourth-order valence-electron chi connectivity index (χ4n) is 1.36. The summed E-state index contributed by atoms with van der Waals surface area (Å²) in [5.41, 5.74) is 0.619. The van der Waals surface area contributed by atoms with Gasteiger partial charge in [-0.25, -0.2) is 4.79 Å². The van der Waals surface area contributed by atoms with Crippen molar-refractivity contribution in [3.05, 3.63) is 24.3 Å². The van der Waals surface area contributed by atoms with Crippen LogP contribution in [0.2, 0.25) is 0 Å². The van der Waals surface area contributed by atoms with E-state index in [1.54, 1.807) is 12.1 Å². The van der Waals surface area contributed by atoms with Gasteiger partial charge in [-0.05, 0) is 26.0 Å². The van der Waals surface area contributed by atoms with E-state index in [0.29, 0.717) is 24.5 Å². The van der Waals surface area contributed by atoms with Gasteiger partial charge in [0.05, 0.1) is 12.3 Å². The Hall–Kier alpha value is -1.75. The maximum atomic E-state index is 11.6. The fraction of sp³-hybridized carbons (Fsp3) is 0.462. The van der Waals surface area contributed by atoms with Gasteiger partial charge in [-0.2, -0.15) is 0 Å². The Morgan fingerprint density at radius 3 is 2.78 bits per heavy atom. The molecule has 1 rings (SSSR count). The second kappa shape index (κ2) is 7.55. The normalized spacial score (nSPS) is 10.2. The van der Waals surface area contributed by atoms with Crippen molar-refractivity contribution >= 4 is 11.7 Å². The van der Waals surface area contributed by atoms with Crippen molar-refractivity contribution in [3.8, 4) is 5.75 Å². The Kier molecular flexibility index (Phi) is 6.00. The monoisotopic (exact) mass is 252 g/mol. The van der Waals surface area contributed by atoms with E-state index in [4.69, 9.17) is 9.84 Å². The number of carbonyl (C=O) groups excluding carboxylic acids is 1. The number of amides is 2. The molecular weight excluding hydrogens is 232 g/mol. The third-order valence-corrected chi connectivity index (χ3v) is 2.12. The average molecular weight is 252 g/mol. The minimum absolute atomic E-state index is 0.0764. The number of aliphatic hydroxyl groups is 1. The number of rotatable bonds is 6. The Labute approximate surface area is 107 Å². The number of anilines is 1. The highest BCUT2D eigenvalue weighted by atomic mass is 16.5. The molecule has 3 N–H and O–H groups in total. The second-order valence-electron chi connectivity index (χ2n) is 4.17. The highest BCUT2D eigenvalue weighted by Gasteiger charge is 2.07. The smallest absolute Gasteiger partial charge is 0.319 e. The first kappa shape index (κ1) is 14.3. The highest BCUT2D eigenvalue weighted by Crippen LogP contribution is 2.23. The molecule has 1 aromatic rings. The van der Waals surface area contributed by atoms with Crippen molar-refractivity contribution in [2.24, 2.45) is 0 Å². The Balaban J connectivity index is 2.61. The summed E-state index contributed by atoms with van der Waals surface area (Å²) in [6, 6.07) is 7.02. The Morgan fingerprint density at radius 2 is 2.11 bits per heavy atom. The molecule has 0 fully saturated rings. The summed E-state index contributed by atoms with van der Waals surface area (Å²) >= 11 is 0. The van der Waals surface area contributed by atoms with Gasteiger partial charge in [0.2, 0.25) is 0 Å². The first-order chi connectivity index (χ1) is 8.63. The predicted molar refractivity (Wildman–Crippen MR) is 70.9 cm³/mol. The van der Waals surface area contributed by atoms with Gasteiger partial charge in [-0.1, -0.05) is 12.1 Å². The Bertz CT molecular complexity index is 380. The van der Waals surface area contributed by atoms with E-state index in [0.717, 1.165) is 0 Å². The van der Waals surface area contributed by atoms with Crippen LogP contribution in [-0.4, -0.2) is 30.4 Å². The molecule has 100 valence electrons. The average Bonchev–Trinajstić information content (AvgIpc) is 2.30. The molecule has 0 unspecified atom stereocenters. The number of hydrogen-bond donors (Lipinski definition) is 3. The maximum absolute atomic E-state index is 11.6. The summed E-state index contributed by atoms with van der Waals surface area (Å²) in [5.74, 6) is 0.602. The van der Waals surface area contributed by atoms with Crippen LogP contribution in [0.1, 0.15) is 20.3 Å². The van der Waals surface area contributed by atoms with Crippen LogP contribution in [0.4, 0.5) is 10.5 Å². The molecule has 0 atom stereocenters. The van der Waals surface area contributed by atoms with E-state index < -0.39 is 0 Å². The molecule has 2 amide bonds. The van der Waals surface area contributed by atoms with Gasteiger partial charge < -0.3 is 20.5 Å². The third kappa shape index (κ3) is 5.05. The zero-order valence-corrected chi connectivity index (χ0v) is 10.8. The minimum Gasteiger partial charge on any atom is -0.491 e. The number of ether oxygens (including phenoxy) is 1. The van der Waals surface area contributed by atoms with E-state index in [2.05, 4.69) is 10.6 Å². The van der Waals surface area contributed by atoms with Gasteiger partial charge in [0.25, 0.3) is 0 Å².